The highest BCUT2D eigenvalue weighted by molar-refractivity contribution is 6.30. The van der Waals surface area contributed by atoms with Crippen LogP contribution in [0.1, 0.15) is 22.8 Å². The van der Waals surface area contributed by atoms with Gasteiger partial charge in [-0.15, -0.1) is 0 Å². The first-order valence-electron chi connectivity index (χ1n) is 8.47. The predicted octanol–water partition coefficient (Wildman–Crippen LogP) is 4.34. The Kier molecular flexibility index (Phi) is 7.57. The summed E-state index contributed by atoms with van der Waals surface area (Å²) in [5.41, 5.74) is 5.06. The molecule has 5 heteroatoms. The monoisotopic (exact) mass is 369 g/mol. The SMILES string of the molecule is CC(CN(C)C)C(C=Cc1ccc(Cl)cc1)=NNC(=O)c1ccccc1. The lowest BCUT2D eigenvalue weighted by Crippen LogP contribution is -2.27. The Balaban J connectivity index is 2.16. The molecule has 0 saturated carbocycles. The third-order valence-electron chi connectivity index (χ3n) is 3.78. The second-order valence-electron chi connectivity index (χ2n) is 6.39. The van der Waals surface area contributed by atoms with E-state index < -0.39 is 0 Å². The maximum Gasteiger partial charge on any atom is 0.271 e. The fraction of sp³-hybridized carbons (Fsp3) is 0.238. The third kappa shape index (κ3) is 6.47. The molecule has 0 fully saturated rings. The number of hydrogen-bond acceptors (Lipinski definition) is 3. The zero-order valence-corrected chi connectivity index (χ0v) is 16.1. The first-order valence-corrected chi connectivity index (χ1v) is 8.85. The van der Waals surface area contributed by atoms with Gasteiger partial charge >= 0.3 is 0 Å². The van der Waals surface area contributed by atoms with E-state index in [0.717, 1.165) is 17.8 Å². The van der Waals surface area contributed by atoms with Gasteiger partial charge in [0.25, 0.3) is 5.91 Å². The molecule has 136 valence electrons. The van der Waals surface area contributed by atoms with Crippen LogP contribution in [-0.4, -0.2) is 37.2 Å². The van der Waals surface area contributed by atoms with Crippen LogP contribution < -0.4 is 5.43 Å². The van der Waals surface area contributed by atoms with Crippen LogP contribution in [0.15, 0.2) is 65.8 Å². The van der Waals surface area contributed by atoms with E-state index in [1.54, 1.807) is 12.1 Å². The number of carbonyl (C=O) groups excluding carboxylic acids is 1. The fourth-order valence-electron chi connectivity index (χ4n) is 2.48. The van der Waals surface area contributed by atoms with E-state index in [1.807, 2.05) is 68.7 Å². The summed E-state index contributed by atoms with van der Waals surface area (Å²) in [7, 11) is 4.03. The average Bonchev–Trinajstić information content (AvgIpc) is 2.63. The number of halogens is 1. The van der Waals surface area contributed by atoms with Gasteiger partial charge in [0.05, 0.1) is 5.71 Å². The Morgan fingerprint density at radius 2 is 1.81 bits per heavy atom. The van der Waals surface area contributed by atoms with Crippen molar-refractivity contribution in [1.29, 1.82) is 0 Å². The number of hydrogen-bond donors (Lipinski definition) is 1. The summed E-state index contributed by atoms with van der Waals surface area (Å²) >= 11 is 5.92. The molecule has 0 saturated heterocycles. The summed E-state index contributed by atoms with van der Waals surface area (Å²) < 4.78 is 0. The largest absolute Gasteiger partial charge is 0.309 e. The lowest BCUT2D eigenvalue weighted by Gasteiger charge is -2.17. The molecule has 0 aliphatic rings. The van der Waals surface area contributed by atoms with Crippen LogP contribution in [0.25, 0.3) is 6.08 Å². The highest BCUT2D eigenvalue weighted by atomic mass is 35.5. The van der Waals surface area contributed by atoms with Crippen LogP contribution in [0.2, 0.25) is 5.02 Å². The molecule has 0 aliphatic carbocycles. The summed E-state index contributed by atoms with van der Waals surface area (Å²) in [5, 5.41) is 5.06. The molecule has 0 radical (unpaired) electrons. The van der Waals surface area contributed by atoms with Gasteiger partial charge in [0.1, 0.15) is 0 Å². The Labute approximate surface area is 160 Å². The molecule has 26 heavy (non-hydrogen) atoms. The molecule has 1 N–H and O–H groups in total. The molecular formula is C21H24ClN3O. The zero-order chi connectivity index (χ0) is 18.9. The van der Waals surface area contributed by atoms with Crippen LogP contribution in [0.3, 0.4) is 0 Å². The number of carbonyl (C=O) groups is 1. The standard InChI is InChI=1S/C21H24ClN3O/c1-16(15-25(2)3)20(14-11-17-9-12-19(22)13-10-17)23-24-21(26)18-7-5-4-6-8-18/h4-14,16H,15H2,1-3H3,(H,24,26). The van der Waals surface area contributed by atoms with Gasteiger partial charge in [-0.2, -0.15) is 5.10 Å². The normalized spacial score (nSPS) is 13.2. The molecule has 2 aromatic carbocycles. The molecular weight excluding hydrogens is 346 g/mol. The molecule has 1 atom stereocenters. The van der Waals surface area contributed by atoms with Crippen molar-refractivity contribution in [2.45, 2.75) is 6.92 Å². The van der Waals surface area contributed by atoms with Gasteiger partial charge in [-0.1, -0.05) is 54.9 Å². The van der Waals surface area contributed by atoms with Crippen molar-refractivity contribution in [1.82, 2.24) is 10.3 Å². The molecule has 1 amide bonds. The van der Waals surface area contributed by atoms with Gasteiger partial charge in [0.2, 0.25) is 0 Å². The van der Waals surface area contributed by atoms with Crippen molar-refractivity contribution in [2.24, 2.45) is 11.0 Å². The van der Waals surface area contributed by atoms with Crippen LogP contribution >= 0.6 is 11.6 Å². The quantitative estimate of drug-likeness (QED) is 0.583. The lowest BCUT2D eigenvalue weighted by atomic mass is 10.0. The highest BCUT2D eigenvalue weighted by Crippen LogP contribution is 2.12. The van der Waals surface area contributed by atoms with Gasteiger partial charge in [0.15, 0.2) is 0 Å². The topological polar surface area (TPSA) is 44.7 Å². The van der Waals surface area contributed by atoms with E-state index in [-0.39, 0.29) is 11.8 Å². The molecule has 0 bridgehead atoms. The van der Waals surface area contributed by atoms with E-state index in [2.05, 4.69) is 22.4 Å². The zero-order valence-electron chi connectivity index (χ0n) is 15.3. The van der Waals surface area contributed by atoms with Crippen LogP contribution in [0.4, 0.5) is 0 Å². The van der Waals surface area contributed by atoms with E-state index in [1.165, 1.54) is 0 Å². The number of amides is 1. The van der Waals surface area contributed by atoms with Gasteiger partial charge in [-0.25, -0.2) is 5.43 Å². The number of rotatable bonds is 7. The number of allylic oxidation sites excluding steroid dienone is 1. The van der Waals surface area contributed by atoms with Crippen molar-refractivity contribution in [3.05, 3.63) is 76.8 Å². The van der Waals surface area contributed by atoms with Crippen molar-refractivity contribution in [2.75, 3.05) is 20.6 Å². The van der Waals surface area contributed by atoms with Crippen molar-refractivity contribution in [3.8, 4) is 0 Å². The molecule has 0 aromatic heterocycles. The van der Waals surface area contributed by atoms with Gasteiger partial charge in [-0.05, 0) is 50.0 Å². The number of hydrazone groups is 1. The summed E-state index contributed by atoms with van der Waals surface area (Å²) in [5.74, 6) is -0.0651. The fourth-order valence-corrected chi connectivity index (χ4v) is 2.60. The van der Waals surface area contributed by atoms with Gasteiger partial charge < -0.3 is 4.90 Å². The van der Waals surface area contributed by atoms with E-state index in [0.29, 0.717) is 10.6 Å². The summed E-state index contributed by atoms with van der Waals surface area (Å²) in [4.78, 5) is 14.3. The first kappa shape index (κ1) is 19.9. The summed E-state index contributed by atoms with van der Waals surface area (Å²) in [6.45, 7) is 2.91. The lowest BCUT2D eigenvalue weighted by molar-refractivity contribution is 0.0954. The second-order valence-corrected chi connectivity index (χ2v) is 6.83. The molecule has 2 rings (SSSR count). The smallest absolute Gasteiger partial charge is 0.271 e. The predicted molar refractivity (Wildman–Crippen MR) is 110 cm³/mol. The molecule has 4 nitrogen and oxygen atoms in total. The van der Waals surface area contributed by atoms with E-state index >= 15 is 0 Å². The van der Waals surface area contributed by atoms with Crippen LogP contribution in [-0.2, 0) is 0 Å². The molecule has 0 aliphatic heterocycles. The minimum absolute atomic E-state index is 0.157. The van der Waals surface area contributed by atoms with E-state index in [9.17, 15) is 4.79 Å². The summed E-state index contributed by atoms with van der Waals surface area (Å²) in [6.07, 6.45) is 3.90. The maximum atomic E-state index is 12.2. The highest BCUT2D eigenvalue weighted by Gasteiger charge is 2.11. The Bertz CT molecular complexity index is 768. The van der Waals surface area contributed by atoms with Crippen molar-refractivity contribution < 1.29 is 4.79 Å². The van der Waals surface area contributed by atoms with Gasteiger partial charge in [-0.3, -0.25) is 4.79 Å². The van der Waals surface area contributed by atoms with Gasteiger partial charge in [0, 0.05) is 23.0 Å². The van der Waals surface area contributed by atoms with E-state index in [4.69, 9.17) is 11.6 Å². The van der Waals surface area contributed by atoms with Crippen LogP contribution in [0.5, 0.6) is 0 Å². The number of benzene rings is 2. The minimum atomic E-state index is -0.222. The minimum Gasteiger partial charge on any atom is -0.309 e. The first-order chi connectivity index (χ1) is 12.5. The molecule has 0 heterocycles. The van der Waals surface area contributed by atoms with Crippen molar-refractivity contribution in [3.63, 3.8) is 0 Å². The Morgan fingerprint density at radius 1 is 1.15 bits per heavy atom. The maximum absolute atomic E-state index is 12.2. The number of nitrogens with one attached hydrogen (secondary N) is 1. The molecule has 0 spiro atoms. The second kappa shape index (κ2) is 9.90. The molecule has 1 unspecified atom stereocenters. The average molecular weight is 370 g/mol. The summed E-state index contributed by atoms with van der Waals surface area (Å²) in [6, 6.07) is 16.6. The Hall–Kier alpha value is -2.43. The Morgan fingerprint density at radius 3 is 2.42 bits per heavy atom. The number of nitrogens with zero attached hydrogens (tertiary/aromatic N) is 2. The molecule has 2 aromatic rings. The van der Waals surface area contributed by atoms with Crippen LogP contribution in [0, 0.1) is 5.92 Å². The third-order valence-corrected chi connectivity index (χ3v) is 4.03. The van der Waals surface area contributed by atoms with Crippen molar-refractivity contribution >= 4 is 29.3 Å².